The Morgan fingerprint density at radius 1 is 0.972 bits per heavy atom. The molecule has 2 heterocycles. The van der Waals surface area contributed by atoms with Crippen molar-refractivity contribution < 1.29 is 23.5 Å². The van der Waals surface area contributed by atoms with E-state index in [1.165, 1.54) is 7.11 Å². The second-order valence-corrected chi connectivity index (χ2v) is 9.23. The van der Waals surface area contributed by atoms with Gasteiger partial charge in [0.2, 0.25) is 0 Å². The Morgan fingerprint density at radius 3 is 2.22 bits per heavy atom. The summed E-state index contributed by atoms with van der Waals surface area (Å²) in [7, 11) is 3.16. The van der Waals surface area contributed by atoms with Crippen molar-refractivity contribution in [1.29, 1.82) is 0 Å². The lowest BCUT2D eigenvalue weighted by atomic mass is 9.84. The lowest BCUT2D eigenvalue weighted by Gasteiger charge is -2.40. The van der Waals surface area contributed by atoms with E-state index in [9.17, 15) is 14.4 Å². The second-order valence-electron chi connectivity index (χ2n) is 9.23. The molecule has 1 unspecified atom stereocenters. The number of furan rings is 1. The van der Waals surface area contributed by atoms with Crippen molar-refractivity contribution in [2.24, 2.45) is 5.92 Å². The topological polar surface area (TPSA) is 80.1 Å². The van der Waals surface area contributed by atoms with Crippen LogP contribution in [0.2, 0.25) is 0 Å². The number of amides is 2. The SMILES string of the molecule is COC(=O)c1ccccc1C(=O)N1CCC(C(Cc2ccccc2)N(C)C(=O)c2ccoc2C)CC1. The number of likely N-dealkylation sites (tertiary alicyclic amines) is 1. The summed E-state index contributed by atoms with van der Waals surface area (Å²) < 4.78 is 10.2. The van der Waals surface area contributed by atoms with Crippen molar-refractivity contribution in [2.45, 2.75) is 32.2 Å². The lowest BCUT2D eigenvalue weighted by molar-refractivity contribution is 0.0515. The molecule has 1 aromatic heterocycles. The van der Waals surface area contributed by atoms with Gasteiger partial charge in [-0.1, -0.05) is 42.5 Å². The van der Waals surface area contributed by atoms with Gasteiger partial charge in [0.1, 0.15) is 5.76 Å². The molecular weight excluding hydrogens is 456 g/mol. The van der Waals surface area contributed by atoms with Gasteiger partial charge < -0.3 is 19.0 Å². The number of ether oxygens (including phenoxy) is 1. The van der Waals surface area contributed by atoms with Crippen LogP contribution in [-0.4, -0.2) is 60.9 Å². The fraction of sp³-hybridized carbons (Fsp3) is 0.345. The summed E-state index contributed by atoms with van der Waals surface area (Å²) in [5.41, 5.74) is 2.36. The first-order valence-electron chi connectivity index (χ1n) is 12.2. The zero-order valence-electron chi connectivity index (χ0n) is 21.0. The van der Waals surface area contributed by atoms with Gasteiger partial charge in [-0.15, -0.1) is 0 Å². The minimum Gasteiger partial charge on any atom is -0.469 e. The van der Waals surface area contributed by atoms with E-state index in [4.69, 9.17) is 9.15 Å². The summed E-state index contributed by atoms with van der Waals surface area (Å²) in [6, 6.07) is 18.6. The third-order valence-electron chi connectivity index (χ3n) is 7.13. The average molecular weight is 489 g/mol. The zero-order valence-corrected chi connectivity index (χ0v) is 21.0. The van der Waals surface area contributed by atoms with Crippen LogP contribution in [0.3, 0.4) is 0 Å². The third-order valence-corrected chi connectivity index (χ3v) is 7.13. The van der Waals surface area contributed by atoms with Gasteiger partial charge in [0.25, 0.3) is 11.8 Å². The van der Waals surface area contributed by atoms with Crippen LogP contribution in [0.1, 0.15) is 55.2 Å². The van der Waals surface area contributed by atoms with Gasteiger partial charge in [-0.05, 0) is 55.9 Å². The Kier molecular flexibility index (Phi) is 7.88. The number of hydrogen-bond donors (Lipinski definition) is 0. The summed E-state index contributed by atoms with van der Waals surface area (Å²) in [5.74, 6) is 0.0629. The molecule has 7 heteroatoms. The van der Waals surface area contributed by atoms with Crippen LogP contribution in [0.5, 0.6) is 0 Å². The summed E-state index contributed by atoms with van der Waals surface area (Å²) in [5, 5.41) is 0. The fourth-order valence-electron chi connectivity index (χ4n) is 5.04. The number of carbonyl (C=O) groups is 3. The van der Waals surface area contributed by atoms with Crippen molar-refractivity contribution >= 4 is 17.8 Å². The number of carbonyl (C=O) groups excluding carboxylic acids is 3. The quantitative estimate of drug-likeness (QED) is 0.454. The smallest absolute Gasteiger partial charge is 0.338 e. The standard InChI is InChI=1S/C29H32N2O5/c1-20-23(15-18-36-20)27(32)30(2)26(19-21-9-5-4-6-10-21)22-13-16-31(17-14-22)28(33)24-11-7-8-12-25(24)29(34)35-3/h4-12,15,18,22,26H,13-14,16-17,19H2,1-3H3. The minimum absolute atomic E-state index is 0.0335. The molecule has 2 amide bonds. The highest BCUT2D eigenvalue weighted by Gasteiger charge is 2.34. The van der Waals surface area contributed by atoms with Crippen LogP contribution in [0, 0.1) is 12.8 Å². The van der Waals surface area contributed by atoms with Crippen LogP contribution in [0.25, 0.3) is 0 Å². The van der Waals surface area contributed by atoms with E-state index in [1.807, 2.05) is 30.1 Å². The molecule has 0 bridgehead atoms. The molecule has 0 aliphatic carbocycles. The first kappa shape index (κ1) is 25.2. The van der Waals surface area contributed by atoms with Crippen LogP contribution >= 0.6 is 0 Å². The number of nitrogens with zero attached hydrogens (tertiary/aromatic N) is 2. The molecule has 0 spiro atoms. The Labute approximate surface area is 211 Å². The number of hydrogen-bond acceptors (Lipinski definition) is 5. The monoisotopic (exact) mass is 488 g/mol. The van der Waals surface area contributed by atoms with Gasteiger partial charge in [-0.3, -0.25) is 9.59 Å². The molecule has 36 heavy (non-hydrogen) atoms. The number of esters is 1. The normalized spacial score (nSPS) is 14.8. The number of rotatable bonds is 7. The minimum atomic E-state index is -0.522. The summed E-state index contributed by atoms with van der Waals surface area (Å²) >= 11 is 0. The highest BCUT2D eigenvalue weighted by Crippen LogP contribution is 2.29. The highest BCUT2D eigenvalue weighted by atomic mass is 16.5. The van der Waals surface area contributed by atoms with Crippen LogP contribution in [-0.2, 0) is 11.2 Å². The molecule has 3 aromatic rings. The summed E-state index contributed by atoms with van der Waals surface area (Å²) in [6.07, 6.45) is 3.78. The third kappa shape index (κ3) is 5.35. The molecular formula is C29H32N2O5. The second kappa shape index (κ2) is 11.2. The van der Waals surface area contributed by atoms with Crippen LogP contribution < -0.4 is 0 Å². The highest BCUT2D eigenvalue weighted by molar-refractivity contribution is 6.05. The van der Waals surface area contributed by atoms with E-state index in [-0.39, 0.29) is 29.3 Å². The molecule has 188 valence electrons. The number of likely N-dealkylation sites (N-methyl/N-ethyl adjacent to an activating group) is 1. The average Bonchev–Trinajstić information content (AvgIpc) is 3.36. The van der Waals surface area contributed by atoms with E-state index in [0.717, 1.165) is 24.8 Å². The van der Waals surface area contributed by atoms with Crippen LogP contribution in [0.15, 0.2) is 71.3 Å². The first-order valence-corrected chi connectivity index (χ1v) is 12.2. The summed E-state index contributed by atoms with van der Waals surface area (Å²) in [6.45, 7) is 2.90. The Morgan fingerprint density at radius 2 is 1.61 bits per heavy atom. The molecule has 1 fully saturated rings. The van der Waals surface area contributed by atoms with Crippen LogP contribution in [0.4, 0.5) is 0 Å². The molecule has 1 aliphatic rings. The number of aryl methyl sites for hydroxylation is 1. The Bertz CT molecular complexity index is 1210. The Hall–Kier alpha value is -3.87. The fourth-order valence-corrected chi connectivity index (χ4v) is 5.04. The molecule has 2 aromatic carbocycles. The van der Waals surface area contributed by atoms with Gasteiger partial charge in [-0.2, -0.15) is 0 Å². The first-order chi connectivity index (χ1) is 17.4. The molecule has 4 rings (SSSR count). The van der Waals surface area contributed by atoms with Gasteiger partial charge >= 0.3 is 5.97 Å². The lowest BCUT2D eigenvalue weighted by Crippen LogP contribution is -2.48. The molecule has 7 nitrogen and oxygen atoms in total. The van der Waals surface area contributed by atoms with E-state index >= 15 is 0 Å². The summed E-state index contributed by atoms with van der Waals surface area (Å²) in [4.78, 5) is 42.4. The van der Waals surface area contributed by atoms with E-state index in [2.05, 4.69) is 12.1 Å². The largest absolute Gasteiger partial charge is 0.469 e. The van der Waals surface area contributed by atoms with Gasteiger partial charge in [-0.25, -0.2) is 4.79 Å². The van der Waals surface area contributed by atoms with Crippen molar-refractivity contribution in [3.63, 3.8) is 0 Å². The molecule has 0 saturated carbocycles. The van der Waals surface area contributed by atoms with Crippen molar-refractivity contribution in [2.75, 3.05) is 27.2 Å². The van der Waals surface area contributed by atoms with Gasteiger partial charge in [0.05, 0.1) is 30.1 Å². The predicted molar refractivity (Wildman–Crippen MR) is 136 cm³/mol. The van der Waals surface area contributed by atoms with Crippen molar-refractivity contribution in [3.8, 4) is 0 Å². The number of methoxy groups -OCH3 is 1. The maximum Gasteiger partial charge on any atom is 0.338 e. The molecule has 0 N–H and O–H groups in total. The van der Waals surface area contributed by atoms with E-state index in [0.29, 0.717) is 30.0 Å². The zero-order chi connectivity index (χ0) is 25.7. The van der Waals surface area contributed by atoms with E-state index < -0.39 is 5.97 Å². The van der Waals surface area contributed by atoms with E-state index in [1.54, 1.807) is 48.4 Å². The van der Waals surface area contributed by atoms with Crippen molar-refractivity contribution in [1.82, 2.24) is 9.80 Å². The maximum atomic E-state index is 13.3. The predicted octanol–water partition coefficient (Wildman–Crippen LogP) is 4.61. The van der Waals surface area contributed by atoms with Gasteiger partial charge in [0.15, 0.2) is 0 Å². The number of piperidine rings is 1. The molecule has 1 atom stereocenters. The molecule has 0 radical (unpaired) electrons. The maximum absolute atomic E-state index is 13.3. The molecule has 1 saturated heterocycles. The Balaban J connectivity index is 1.51. The van der Waals surface area contributed by atoms with Crippen molar-refractivity contribution in [3.05, 3.63) is 94.9 Å². The number of benzene rings is 2. The van der Waals surface area contributed by atoms with Gasteiger partial charge in [0, 0.05) is 26.2 Å². The molecule has 1 aliphatic heterocycles.